The number of ether oxygens (including phenoxy) is 1. The molecule has 0 saturated carbocycles. The van der Waals surface area contributed by atoms with Crippen LogP contribution < -0.4 is 11.1 Å². The first-order valence-electron chi connectivity index (χ1n) is 7.58. The van der Waals surface area contributed by atoms with Crippen molar-refractivity contribution in [3.8, 4) is 0 Å². The van der Waals surface area contributed by atoms with Crippen molar-refractivity contribution < 1.29 is 19.4 Å². The van der Waals surface area contributed by atoms with Gasteiger partial charge in [-0.2, -0.15) is 0 Å². The van der Waals surface area contributed by atoms with Crippen LogP contribution in [0.4, 0.5) is 0 Å². The highest BCUT2D eigenvalue weighted by Crippen LogP contribution is 2.53. The van der Waals surface area contributed by atoms with Crippen LogP contribution in [-0.4, -0.2) is 45.6 Å². The van der Waals surface area contributed by atoms with E-state index in [0.29, 0.717) is 12.8 Å². The van der Waals surface area contributed by atoms with Gasteiger partial charge in [0.25, 0.3) is 0 Å². The van der Waals surface area contributed by atoms with Gasteiger partial charge in [-0.15, -0.1) is 11.6 Å². The van der Waals surface area contributed by atoms with Gasteiger partial charge in [-0.05, 0) is 32.6 Å². The van der Waals surface area contributed by atoms with E-state index in [1.807, 2.05) is 6.08 Å². The summed E-state index contributed by atoms with van der Waals surface area (Å²) in [5.74, 6) is -1.26. The number of amides is 1. The first-order chi connectivity index (χ1) is 10.3. The molecule has 6 nitrogen and oxygen atoms in total. The van der Waals surface area contributed by atoms with Gasteiger partial charge in [0, 0.05) is 5.88 Å². The molecular formula is C15H21ClN2O4. The van der Waals surface area contributed by atoms with Crippen LogP contribution in [0.25, 0.3) is 0 Å². The molecule has 0 spiro atoms. The normalized spacial score (nSPS) is 44.8. The average Bonchev–Trinajstić information content (AvgIpc) is 2.65. The van der Waals surface area contributed by atoms with Gasteiger partial charge in [0.15, 0.2) is 5.60 Å². The topological polar surface area (TPSA) is 102 Å². The summed E-state index contributed by atoms with van der Waals surface area (Å²) >= 11 is 5.76. The number of carbonyl (C=O) groups excluding carboxylic acids is 2. The highest BCUT2D eigenvalue weighted by atomic mass is 35.5. The Bertz CT molecular complexity index is 554. The summed E-state index contributed by atoms with van der Waals surface area (Å²) in [5, 5.41) is 13.6. The lowest BCUT2D eigenvalue weighted by Crippen LogP contribution is -2.83. The number of aliphatic hydroxyl groups is 1. The molecule has 22 heavy (non-hydrogen) atoms. The van der Waals surface area contributed by atoms with Crippen molar-refractivity contribution in [1.29, 1.82) is 0 Å². The number of allylic oxidation sites excluding steroid dienone is 1. The molecule has 122 valence electrons. The van der Waals surface area contributed by atoms with Crippen molar-refractivity contribution in [3.63, 3.8) is 0 Å². The molecule has 2 fully saturated rings. The number of fused-ring (bicyclic) bond motifs is 1. The Morgan fingerprint density at radius 2 is 2.32 bits per heavy atom. The Hall–Kier alpha value is -1.11. The van der Waals surface area contributed by atoms with E-state index in [-0.39, 0.29) is 11.8 Å². The van der Waals surface area contributed by atoms with Crippen molar-refractivity contribution in [2.45, 2.75) is 55.4 Å². The average molecular weight is 329 g/mol. The maximum atomic E-state index is 12.3. The van der Waals surface area contributed by atoms with E-state index in [2.05, 4.69) is 5.32 Å². The second-order valence-electron chi connectivity index (χ2n) is 6.63. The van der Waals surface area contributed by atoms with Crippen LogP contribution >= 0.6 is 11.6 Å². The zero-order chi connectivity index (χ0) is 16.2. The van der Waals surface area contributed by atoms with E-state index in [4.69, 9.17) is 22.1 Å². The van der Waals surface area contributed by atoms with Gasteiger partial charge in [0.2, 0.25) is 11.4 Å². The fraction of sp³-hybridized carbons (Fsp3) is 0.733. The molecule has 0 aromatic rings. The fourth-order valence-electron chi connectivity index (χ4n) is 4.07. The summed E-state index contributed by atoms with van der Waals surface area (Å²) in [4.78, 5) is 24.6. The molecule has 1 aliphatic carbocycles. The number of nitrogens with two attached hydrogens (primary N) is 1. The van der Waals surface area contributed by atoms with Crippen molar-refractivity contribution in [2.75, 3.05) is 5.88 Å². The molecule has 1 amide bonds. The van der Waals surface area contributed by atoms with Gasteiger partial charge < -0.3 is 20.9 Å². The maximum Gasteiger partial charge on any atom is 0.339 e. The maximum absolute atomic E-state index is 12.3. The smallest absolute Gasteiger partial charge is 0.339 e. The van der Waals surface area contributed by atoms with Gasteiger partial charge in [-0.25, -0.2) is 4.79 Å². The van der Waals surface area contributed by atoms with E-state index in [9.17, 15) is 14.7 Å². The number of halogens is 1. The lowest BCUT2D eigenvalue weighted by molar-refractivity contribution is -0.239. The molecule has 0 unspecified atom stereocenters. The number of rotatable bonds is 4. The quantitative estimate of drug-likeness (QED) is 0.389. The number of carbonyl (C=O) groups is 2. The SMILES string of the molecule is C[C@@]12OC(=O)[C@]1([C@H](O)[C@]1(N)C=CCCC1)NC(=O)[C@@H]2CCCl. The second-order valence-corrected chi connectivity index (χ2v) is 7.01. The Morgan fingerprint density at radius 3 is 2.86 bits per heavy atom. The lowest BCUT2D eigenvalue weighted by Gasteiger charge is -2.56. The summed E-state index contributed by atoms with van der Waals surface area (Å²) in [6.07, 6.45) is 5.03. The summed E-state index contributed by atoms with van der Waals surface area (Å²) in [7, 11) is 0. The van der Waals surface area contributed by atoms with Gasteiger partial charge in [0.05, 0.1) is 11.5 Å². The molecule has 0 bridgehead atoms. The van der Waals surface area contributed by atoms with Crippen LogP contribution in [0.3, 0.4) is 0 Å². The first-order valence-corrected chi connectivity index (χ1v) is 8.11. The van der Waals surface area contributed by atoms with Crippen LogP contribution in [0.1, 0.15) is 32.6 Å². The lowest BCUT2D eigenvalue weighted by atomic mass is 9.62. The number of hydrogen-bond acceptors (Lipinski definition) is 5. The zero-order valence-electron chi connectivity index (χ0n) is 12.5. The minimum Gasteiger partial charge on any atom is -0.453 e. The van der Waals surface area contributed by atoms with Crippen LogP contribution in [0.15, 0.2) is 12.2 Å². The van der Waals surface area contributed by atoms with Crippen molar-refractivity contribution >= 4 is 23.5 Å². The molecule has 4 N–H and O–H groups in total. The third kappa shape index (κ3) is 1.74. The minimum absolute atomic E-state index is 0.269. The number of hydrogen-bond donors (Lipinski definition) is 3. The molecule has 0 aromatic carbocycles. The zero-order valence-corrected chi connectivity index (χ0v) is 13.2. The summed E-state index contributed by atoms with van der Waals surface area (Å²) in [6.45, 7) is 1.67. The third-order valence-corrected chi connectivity index (χ3v) is 5.66. The third-order valence-electron chi connectivity index (χ3n) is 5.44. The summed E-state index contributed by atoms with van der Waals surface area (Å²) in [5.41, 5.74) is 2.67. The van der Waals surface area contributed by atoms with Crippen LogP contribution in [0.5, 0.6) is 0 Å². The Morgan fingerprint density at radius 1 is 1.59 bits per heavy atom. The van der Waals surface area contributed by atoms with Crippen molar-refractivity contribution in [2.24, 2.45) is 11.7 Å². The first kappa shape index (κ1) is 15.8. The number of alkyl halides is 1. The van der Waals surface area contributed by atoms with E-state index in [1.165, 1.54) is 0 Å². The van der Waals surface area contributed by atoms with Crippen LogP contribution in [-0.2, 0) is 14.3 Å². The molecule has 2 aliphatic heterocycles. The highest BCUT2D eigenvalue weighted by molar-refractivity contribution is 6.18. The Kier molecular flexibility index (Phi) is 3.54. The van der Waals surface area contributed by atoms with Crippen molar-refractivity contribution in [3.05, 3.63) is 12.2 Å². The highest BCUT2D eigenvalue weighted by Gasteiger charge is 2.80. The monoisotopic (exact) mass is 328 g/mol. The molecule has 0 aromatic heterocycles. The van der Waals surface area contributed by atoms with Crippen molar-refractivity contribution in [1.82, 2.24) is 5.32 Å². The van der Waals surface area contributed by atoms with Gasteiger partial charge in [0.1, 0.15) is 6.10 Å². The Labute approximate surface area is 134 Å². The predicted octanol–water partition coefficient (Wildman–Crippen LogP) is 0.214. The predicted molar refractivity (Wildman–Crippen MR) is 80.1 cm³/mol. The summed E-state index contributed by atoms with van der Waals surface area (Å²) < 4.78 is 5.33. The van der Waals surface area contributed by atoms with Gasteiger partial charge >= 0.3 is 5.97 Å². The van der Waals surface area contributed by atoms with E-state index >= 15 is 0 Å². The molecule has 2 heterocycles. The Balaban J connectivity index is 2.00. The second kappa shape index (κ2) is 4.94. The summed E-state index contributed by atoms with van der Waals surface area (Å²) in [6, 6.07) is 0. The van der Waals surface area contributed by atoms with E-state index in [0.717, 1.165) is 12.8 Å². The number of esters is 1. The minimum atomic E-state index is -1.49. The largest absolute Gasteiger partial charge is 0.453 e. The van der Waals surface area contributed by atoms with Gasteiger partial charge in [-0.1, -0.05) is 12.2 Å². The molecule has 3 aliphatic rings. The van der Waals surface area contributed by atoms with Crippen LogP contribution in [0.2, 0.25) is 0 Å². The fourth-order valence-corrected chi connectivity index (χ4v) is 4.29. The number of aliphatic hydroxyl groups excluding tert-OH is 1. The molecule has 0 radical (unpaired) electrons. The standard InChI is InChI=1S/C15H21ClN2O4/c1-13-9(5-8-16)10(19)18-15(13,12(21)22-13)11(20)14(17)6-3-2-4-7-14/h3,6,9,11,20H,2,4-5,7-8,17H2,1H3,(H,18,19)/t9-,11+,13-,14-,15-/m0/s1. The molecular weight excluding hydrogens is 308 g/mol. The van der Waals surface area contributed by atoms with E-state index in [1.54, 1.807) is 13.0 Å². The van der Waals surface area contributed by atoms with Crippen LogP contribution in [0, 0.1) is 5.92 Å². The molecule has 7 heteroatoms. The molecule has 2 saturated heterocycles. The molecule has 3 rings (SSSR count). The molecule has 5 atom stereocenters. The van der Waals surface area contributed by atoms with Gasteiger partial charge in [-0.3, -0.25) is 4.79 Å². The number of nitrogens with one attached hydrogen (secondary N) is 1. The van der Waals surface area contributed by atoms with E-state index < -0.39 is 34.7 Å².